The molecule has 0 bridgehead atoms. The normalized spacial score (nSPS) is 18.2. The fourth-order valence-corrected chi connectivity index (χ4v) is 6.22. The molecule has 8 nitrogen and oxygen atoms in total. The second-order valence-electron chi connectivity index (χ2n) is 8.67. The van der Waals surface area contributed by atoms with E-state index in [1.165, 1.54) is 0 Å². The van der Waals surface area contributed by atoms with Gasteiger partial charge in [0.15, 0.2) is 11.4 Å². The Kier molecular flexibility index (Phi) is 6.00. The van der Waals surface area contributed by atoms with E-state index in [0.717, 1.165) is 59.0 Å². The van der Waals surface area contributed by atoms with Crippen molar-refractivity contribution in [1.29, 1.82) is 0 Å². The van der Waals surface area contributed by atoms with Gasteiger partial charge in [0.25, 0.3) is 0 Å². The lowest BCUT2D eigenvalue weighted by atomic mass is 9.90. The van der Waals surface area contributed by atoms with Crippen molar-refractivity contribution < 1.29 is 14.2 Å². The van der Waals surface area contributed by atoms with E-state index >= 15 is 0 Å². The Morgan fingerprint density at radius 3 is 2.53 bits per heavy atom. The summed E-state index contributed by atoms with van der Waals surface area (Å²) in [6, 6.07) is 6.47. The molecule has 1 aliphatic heterocycles. The minimum Gasteiger partial charge on any atom is -0.481 e. The third-order valence-corrected chi connectivity index (χ3v) is 8.48. The average molecular weight is 589 g/mol. The zero-order valence-corrected chi connectivity index (χ0v) is 21.7. The van der Waals surface area contributed by atoms with E-state index in [-0.39, 0.29) is 5.79 Å². The van der Waals surface area contributed by atoms with Gasteiger partial charge in [-0.1, -0.05) is 0 Å². The van der Waals surface area contributed by atoms with E-state index in [1.54, 1.807) is 16.2 Å². The number of fused-ring (bicyclic) bond motifs is 1. The van der Waals surface area contributed by atoms with Crippen LogP contribution in [0.1, 0.15) is 31.7 Å². The van der Waals surface area contributed by atoms with Crippen molar-refractivity contribution in [2.75, 3.05) is 20.3 Å². The summed E-state index contributed by atoms with van der Waals surface area (Å²) in [6.45, 7) is 1.41. The Labute approximate surface area is 213 Å². The Balaban J connectivity index is 1.30. The van der Waals surface area contributed by atoms with Gasteiger partial charge in [0.1, 0.15) is 0 Å². The Morgan fingerprint density at radius 2 is 1.82 bits per heavy atom. The third kappa shape index (κ3) is 4.00. The smallest absolute Gasteiger partial charge is 0.212 e. The van der Waals surface area contributed by atoms with Crippen LogP contribution in [0.15, 0.2) is 49.2 Å². The van der Waals surface area contributed by atoms with E-state index < -0.39 is 0 Å². The summed E-state index contributed by atoms with van der Waals surface area (Å²) in [4.78, 5) is 9.19. The molecule has 176 valence electrons. The fraction of sp³-hybridized carbons (Fsp3) is 0.375. The monoisotopic (exact) mass is 589 g/mol. The molecular formula is C24H24IN5O3S. The molecule has 2 fully saturated rings. The maximum atomic E-state index is 5.88. The summed E-state index contributed by atoms with van der Waals surface area (Å²) < 4.78 is 21.1. The summed E-state index contributed by atoms with van der Waals surface area (Å²) in [5.41, 5.74) is 5.15. The standard InChI is InChI=1S/C24H24IN5O3S/c1-31-22-3-2-16(11-26-22)21-15-30(34-25)23-20(21)10-17(12-27-23)18-13-28-29(14-18)19-4-6-24(7-5-19)32-8-9-33-24/h2-3,10-15,19H,4-9H2,1H3. The van der Waals surface area contributed by atoms with Crippen LogP contribution in [-0.4, -0.2) is 49.8 Å². The first kappa shape index (κ1) is 22.3. The molecular weight excluding hydrogens is 565 g/mol. The molecule has 10 heteroatoms. The highest BCUT2D eigenvalue weighted by Gasteiger charge is 2.40. The number of hydrogen-bond acceptors (Lipinski definition) is 7. The number of rotatable bonds is 5. The molecule has 1 aliphatic carbocycles. The average Bonchev–Trinajstić information content (AvgIpc) is 3.63. The van der Waals surface area contributed by atoms with E-state index in [2.05, 4.69) is 53.3 Å². The quantitative estimate of drug-likeness (QED) is 0.278. The van der Waals surface area contributed by atoms with Crippen LogP contribution in [0.2, 0.25) is 0 Å². The van der Waals surface area contributed by atoms with Crippen LogP contribution in [0.5, 0.6) is 5.88 Å². The lowest BCUT2D eigenvalue weighted by molar-refractivity contribution is -0.181. The van der Waals surface area contributed by atoms with E-state index in [9.17, 15) is 0 Å². The zero-order chi connectivity index (χ0) is 23.1. The Bertz CT molecular complexity index is 1310. The van der Waals surface area contributed by atoms with Crippen molar-refractivity contribution in [3.8, 4) is 28.1 Å². The molecule has 2 aliphatic rings. The largest absolute Gasteiger partial charge is 0.481 e. The Morgan fingerprint density at radius 1 is 1.03 bits per heavy atom. The minimum atomic E-state index is -0.349. The minimum absolute atomic E-state index is 0.349. The summed E-state index contributed by atoms with van der Waals surface area (Å²) in [5, 5.41) is 5.79. The molecule has 6 rings (SSSR count). The van der Waals surface area contributed by atoms with Crippen molar-refractivity contribution in [1.82, 2.24) is 23.7 Å². The van der Waals surface area contributed by atoms with Gasteiger partial charge < -0.3 is 14.2 Å². The summed E-state index contributed by atoms with van der Waals surface area (Å²) >= 11 is 2.28. The summed E-state index contributed by atoms with van der Waals surface area (Å²) in [5.74, 6) is 0.250. The van der Waals surface area contributed by atoms with E-state index in [4.69, 9.17) is 24.3 Å². The van der Waals surface area contributed by atoms with Gasteiger partial charge >= 0.3 is 0 Å². The van der Waals surface area contributed by atoms with Crippen molar-refractivity contribution in [2.24, 2.45) is 0 Å². The van der Waals surface area contributed by atoms with E-state index in [0.29, 0.717) is 25.1 Å². The van der Waals surface area contributed by atoms with Crippen LogP contribution >= 0.6 is 30.3 Å². The highest BCUT2D eigenvalue weighted by atomic mass is 127. The first-order chi connectivity index (χ1) is 16.7. The number of pyridine rings is 2. The Hall–Kier alpha value is -2.15. The van der Waals surface area contributed by atoms with Crippen molar-refractivity contribution in [2.45, 2.75) is 37.5 Å². The fourth-order valence-electron chi connectivity index (χ4n) is 4.96. The summed E-state index contributed by atoms with van der Waals surface area (Å²) in [6.07, 6.45) is 13.8. The highest BCUT2D eigenvalue weighted by Crippen LogP contribution is 2.41. The van der Waals surface area contributed by atoms with Crippen LogP contribution in [0, 0.1) is 0 Å². The van der Waals surface area contributed by atoms with Crippen molar-refractivity contribution >= 4 is 41.4 Å². The van der Waals surface area contributed by atoms with Gasteiger partial charge in [-0.05, 0) is 25.0 Å². The lowest BCUT2D eigenvalue weighted by Gasteiger charge is -2.35. The molecule has 1 saturated heterocycles. The van der Waals surface area contributed by atoms with Gasteiger partial charge in [0, 0.05) is 102 Å². The van der Waals surface area contributed by atoms with Crippen LogP contribution in [-0.2, 0) is 9.47 Å². The number of ether oxygens (including phenoxy) is 3. The number of halogens is 1. The first-order valence-electron chi connectivity index (χ1n) is 11.3. The molecule has 34 heavy (non-hydrogen) atoms. The molecule has 0 aromatic carbocycles. The molecule has 5 heterocycles. The maximum Gasteiger partial charge on any atom is 0.212 e. The molecule has 0 radical (unpaired) electrons. The van der Waals surface area contributed by atoms with Crippen molar-refractivity contribution in [3.05, 3.63) is 49.2 Å². The molecule has 4 aromatic heterocycles. The molecule has 1 spiro atoms. The van der Waals surface area contributed by atoms with Gasteiger partial charge in [-0.25, -0.2) is 9.97 Å². The first-order valence-corrected chi connectivity index (χ1v) is 14.6. The maximum absolute atomic E-state index is 5.88. The van der Waals surface area contributed by atoms with E-state index in [1.807, 2.05) is 30.7 Å². The van der Waals surface area contributed by atoms with Crippen LogP contribution in [0.25, 0.3) is 33.3 Å². The molecule has 1 saturated carbocycles. The predicted molar refractivity (Wildman–Crippen MR) is 140 cm³/mol. The van der Waals surface area contributed by atoms with Crippen LogP contribution in [0.3, 0.4) is 0 Å². The van der Waals surface area contributed by atoms with Crippen LogP contribution < -0.4 is 4.74 Å². The number of aromatic nitrogens is 5. The predicted octanol–water partition coefficient (Wildman–Crippen LogP) is 5.67. The molecule has 4 aromatic rings. The molecule has 0 amide bonds. The zero-order valence-electron chi connectivity index (χ0n) is 18.7. The topological polar surface area (TPSA) is 76.2 Å². The van der Waals surface area contributed by atoms with Crippen molar-refractivity contribution in [3.63, 3.8) is 0 Å². The third-order valence-electron chi connectivity index (χ3n) is 6.78. The SMILES string of the molecule is COc1ccc(-c2cn(SI)c3ncc(-c4cnn(C5CCC6(CC5)OCCO6)c4)cc23)cn1. The van der Waals surface area contributed by atoms with Gasteiger partial charge in [-0.3, -0.25) is 8.65 Å². The van der Waals surface area contributed by atoms with Crippen LogP contribution in [0.4, 0.5) is 0 Å². The van der Waals surface area contributed by atoms with Gasteiger partial charge in [0.05, 0.1) is 32.6 Å². The number of nitrogens with zero attached hydrogens (tertiary/aromatic N) is 5. The number of hydrogen-bond donors (Lipinski definition) is 0. The molecule has 0 unspecified atom stereocenters. The second kappa shape index (κ2) is 9.14. The summed E-state index contributed by atoms with van der Waals surface area (Å²) in [7, 11) is 3.22. The lowest BCUT2D eigenvalue weighted by Crippen LogP contribution is -2.35. The van der Waals surface area contributed by atoms with Gasteiger partial charge in [-0.2, -0.15) is 5.10 Å². The molecule has 0 atom stereocenters. The van der Waals surface area contributed by atoms with Gasteiger partial charge in [0.2, 0.25) is 5.88 Å². The molecule has 0 N–H and O–H groups in total. The highest BCUT2D eigenvalue weighted by molar-refractivity contribution is 14.2. The number of methoxy groups -OCH3 is 1. The van der Waals surface area contributed by atoms with Gasteiger partial charge in [-0.15, -0.1) is 0 Å². The second-order valence-corrected chi connectivity index (χ2v) is 10.4.